The summed E-state index contributed by atoms with van der Waals surface area (Å²) in [6, 6.07) is 8.80. The number of fused-ring (bicyclic) bond motifs is 2. The number of nitrogens with zero attached hydrogens (tertiary/aromatic N) is 2. The van der Waals surface area contributed by atoms with Crippen LogP contribution in [0.25, 0.3) is 0 Å². The molecule has 0 aromatic heterocycles. The molecule has 2 aliphatic heterocycles. The number of carbonyl (C=O) groups is 1. The lowest BCUT2D eigenvalue weighted by molar-refractivity contribution is -0.137. The van der Waals surface area contributed by atoms with E-state index in [0.717, 1.165) is 42.0 Å². The molecule has 4 atom stereocenters. The van der Waals surface area contributed by atoms with Gasteiger partial charge in [0.2, 0.25) is 0 Å². The van der Waals surface area contributed by atoms with Crippen LogP contribution in [0.2, 0.25) is 0 Å². The minimum atomic E-state index is -4.42. The zero-order valence-corrected chi connectivity index (χ0v) is 20.2. The fourth-order valence-corrected chi connectivity index (χ4v) is 5.25. The van der Waals surface area contributed by atoms with Crippen LogP contribution in [-0.2, 0) is 6.18 Å². The Bertz CT molecular complexity index is 1070. The van der Waals surface area contributed by atoms with Crippen molar-refractivity contribution in [3.8, 4) is 5.75 Å². The second-order valence-electron chi connectivity index (χ2n) is 9.55. The van der Waals surface area contributed by atoms with E-state index in [4.69, 9.17) is 10.5 Å². The van der Waals surface area contributed by atoms with Gasteiger partial charge >= 0.3 is 6.18 Å². The molecule has 2 aromatic carbocycles. The lowest BCUT2D eigenvalue weighted by Crippen LogP contribution is -2.49. The van der Waals surface area contributed by atoms with Gasteiger partial charge in [-0.25, -0.2) is 0 Å². The van der Waals surface area contributed by atoms with Gasteiger partial charge in [0, 0.05) is 43.3 Å². The summed E-state index contributed by atoms with van der Waals surface area (Å²) in [4.78, 5) is 17.2. The Hall–Kier alpha value is -2.62. The number of ether oxygens (including phenoxy) is 1. The Morgan fingerprint density at radius 2 is 1.80 bits per heavy atom. The van der Waals surface area contributed by atoms with Gasteiger partial charge in [-0.05, 0) is 74.2 Å². The molecule has 9 heteroatoms. The summed E-state index contributed by atoms with van der Waals surface area (Å²) in [7, 11) is 0. The van der Waals surface area contributed by atoms with Gasteiger partial charge in [0.05, 0.1) is 5.56 Å². The SMILES string of the molecule is Cc1c(OC[C@H](O)CN)ccc([C@H](C)N2C[C@@H]3C[C@H]2CN3C(=O)c2ccc(C(F)(F)F)cc2)c1C. The maximum atomic E-state index is 13.0. The molecule has 2 bridgehead atoms. The summed E-state index contributed by atoms with van der Waals surface area (Å²) >= 11 is 0. The van der Waals surface area contributed by atoms with E-state index in [0.29, 0.717) is 6.54 Å². The molecule has 3 N–H and O–H groups in total. The molecule has 2 aromatic rings. The van der Waals surface area contributed by atoms with Crippen molar-refractivity contribution < 1.29 is 27.8 Å². The number of piperazine rings is 1. The molecule has 2 saturated heterocycles. The average Bonchev–Trinajstić information content (AvgIpc) is 3.45. The second-order valence-corrected chi connectivity index (χ2v) is 9.55. The van der Waals surface area contributed by atoms with Gasteiger partial charge in [0.25, 0.3) is 5.91 Å². The quantitative estimate of drug-likeness (QED) is 0.618. The maximum absolute atomic E-state index is 13.0. The number of likely N-dealkylation sites (tertiary alicyclic amines) is 2. The van der Waals surface area contributed by atoms with Crippen molar-refractivity contribution in [1.29, 1.82) is 0 Å². The second kappa shape index (κ2) is 9.79. The maximum Gasteiger partial charge on any atom is 0.416 e. The number of alkyl halides is 3. The molecule has 0 saturated carbocycles. The topological polar surface area (TPSA) is 79.0 Å². The molecule has 190 valence electrons. The highest BCUT2D eigenvalue weighted by atomic mass is 19.4. The third kappa shape index (κ3) is 5.03. The average molecular weight is 492 g/mol. The molecule has 2 heterocycles. The highest BCUT2D eigenvalue weighted by molar-refractivity contribution is 5.94. The predicted molar refractivity (Wildman–Crippen MR) is 126 cm³/mol. The van der Waals surface area contributed by atoms with Crippen molar-refractivity contribution in [2.75, 3.05) is 26.2 Å². The molecule has 2 aliphatic rings. The third-order valence-corrected chi connectivity index (χ3v) is 7.43. The number of carbonyl (C=O) groups excluding carboxylic acids is 1. The molecule has 0 spiro atoms. The molecule has 0 aliphatic carbocycles. The summed E-state index contributed by atoms with van der Waals surface area (Å²) in [5, 5.41) is 9.67. The van der Waals surface area contributed by atoms with Crippen LogP contribution in [-0.4, -0.2) is 65.2 Å². The fourth-order valence-electron chi connectivity index (χ4n) is 5.25. The number of halogens is 3. The largest absolute Gasteiger partial charge is 0.491 e. The first-order valence-corrected chi connectivity index (χ1v) is 11.9. The van der Waals surface area contributed by atoms with Gasteiger partial charge in [-0.15, -0.1) is 0 Å². The number of benzene rings is 2. The van der Waals surface area contributed by atoms with Crippen molar-refractivity contribution >= 4 is 5.91 Å². The minimum Gasteiger partial charge on any atom is -0.491 e. The van der Waals surface area contributed by atoms with E-state index in [1.165, 1.54) is 17.7 Å². The van der Waals surface area contributed by atoms with Crippen molar-refractivity contribution in [2.45, 2.75) is 57.6 Å². The van der Waals surface area contributed by atoms with Crippen LogP contribution in [0.4, 0.5) is 13.2 Å². The van der Waals surface area contributed by atoms with Gasteiger partial charge < -0.3 is 20.5 Å². The number of nitrogens with two attached hydrogens (primary N) is 1. The lowest BCUT2D eigenvalue weighted by Gasteiger charge is -2.38. The van der Waals surface area contributed by atoms with Crippen LogP contribution < -0.4 is 10.5 Å². The summed E-state index contributed by atoms with van der Waals surface area (Å²) < 4.78 is 44.3. The predicted octanol–water partition coefficient (Wildman–Crippen LogP) is 3.68. The van der Waals surface area contributed by atoms with E-state index in [1.807, 2.05) is 19.1 Å². The Balaban J connectivity index is 1.42. The first kappa shape index (κ1) is 25.5. The highest BCUT2D eigenvalue weighted by Crippen LogP contribution is 2.39. The van der Waals surface area contributed by atoms with Gasteiger partial charge in [0.15, 0.2) is 0 Å². The summed E-state index contributed by atoms with van der Waals surface area (Å²) in [5.41, 5.74) is 8.30. The lowest BCUT2D eigenvalue weighted by atomic mass is 9.96. The van der Waals surface area contributed by atoms with Crippen molar-refractivity contribution in [3.05, 3.63) is 64.2 Å². The zero-order valence-electron chi connectivity index (χ0n) is 20.2. The summed E-state index contributed by atoms with van der Waals surface area (Å²) in [6.45, 7) is 7.78. The Morgan fingerprint density at radius 3 is 2.37 bits per heavy atom. The zero-order chi connectivity index (χ0) is 25.5. The molecule has 4 rings (SSSR count). The smallest absolute Gasteiger partial charge is 0.416 e. The molecule has 35 heavy (non-hydrogen) atoms. The monoisotopic (exact) mass is 491 g/mol. The standard InChI is InChI=1S/C26H32F3N3O3/c1-15-16(2)24(35-14-22(33)11-30)9-8-23(15)17(3)31-12-21-10-20(31)13-32(21)25(34)18-4-6-19(7-5-18)26(27,28)29/h4-9,17,20-22,33H,10-14,30H2,1-3H3/t17-,20-,21-,22+/m0/s1. The molecular weight excluding hydrogens is 459 g/mol. The van der Waals surface area contributed by atoms with Gasteiger partial charge in [-0.3, -0.25) is 9.69 Å². The Labute approximate surface area is 203 Å². The van der Waals surface area contributed by atoms with E-state index in [9.17, 15) is 23.1 Å². The Kier molecular flexibility index (Phi) is 7.13. The number of hydrogen-bond donors (Lipinski definition) is 2. The first-order chi connectivity index (χ1) is 16.5. The van der Waals surface area contributed by atoms with Crippen LogP contribution in [0.3, 0.4) is 0 Å². The van der Waals surface area contributed by atoms with Crippen LogP contribution in [0, 0.1) is 13.8 Å². The molecule has 2 fully saturated rings. The highest BCUT2D eigenvalue weighted by Gasteiger charge is 2.47. The van der Waals surface area contributed by atoms with Crippen molar-refractivity contribution in [1.82, 2.24) is 9.80 Å². The van der Waals surface area contributed by atoms with Crippen LogP contribution in [0.5, 0.6) is 5.75 Å². The Morgan fingerprint density at radius 1 is 1.11 bits per heavy atom. The van der Waals surface area contributed by atoms with Crippen LogP contribution >= 0.6 is 0 Å². The van der Waals surface area contributed by atoms with Gasteiger partial charge in [-0.1, -0.05) is 6.07 Å². The first-order valence-electron chi connectivity index (χ1n) is 11.9. The van der Waals surface area contributed by atoms with Crippen molar-refractivity contribution in [2.24, 2.45) is 5.73 Å². The third-order valence-electron chi connectivity index (χ3n) is 7.43. The molecule has 1 amide bonds. The number of aliphatic hydroxyl groups is 1. The van der Waals surface area contributed by atoms with E-state index in [1.54, 1.807) is 4.90 Å². The number of hydrogen-bond acceptors (Lipinski definition) is 5. The summed E-state index contributed by atoms with van der Waals surface area (Å²) in [5.74, 6) is 0.508. The van der Waals surface area contributed by atoms with Crippen molar-refractivity contribution in [3.63, 3.8) is 0 Å². The summed E-state index contributed by atoms with van der Waals surface area (Å²) in [6.07, 6.45) is -4.27. The number of rotatable bonds is 7. The fraction of sp³-hybridized carbons (Fsp3) is 0.500. The van der Waals surface area contributed by atoms with E-state index < -0.39 is 17.8 Å². The minimum absolute atomic E-state index is 0.0407. The van der Waals surface area contributed by atoms with E-state index in [2.05, 4.69) is 18.7 Å². The normalized spacial score (nSPS) is 21.9. The molecule has 0 unspecified atom stereocenters. The molecule has 6 nitrogen and oxygen atoms in total. The van der Waals surface area contributed by atoms with Crippen LogP contribution in [0.1, 0.15) is 52.0 Å². The van der Waals surface area contributed by atoms with E-state index in [-0.39, 0.29) is 42.7 Å². The molecular formula is C26H32F3N3O3. The van der Waals surface area contributed by atoms with E-state index >= 15 is 0 Å². The molecule has 0 radical (unpaired) electrons. The van der Waals surface area contributed by atoms with Gasteiger partial charge in [-0.2, -0.15) is 13.2 Å². The number of aliphatic hydroxyl groups excluding tert-OH is 1. The number of amides is 1. The van der Waals surface area contributed by atoms with Gasteiger partial charge in [0.1, 0.15) is 18.5 Å². The van der Waals surface area contributed by atoms with Crippen LogP contribution in [0.15, 0.2) is 36.4 Å².